The summed E-state index contributed by atoms with van der Waals surface area (Å²) in [6, 6.07) is 0. The molecule has 2 rings (SSSR count). The number of imide groups is 2. The van der Waals surface area contributed by atoms with E-state index in [2.05, 4.69) is 0 Å². The molecule has 0 aromatic rings. The van der Waals surface area contributed by atoms with E-state index < -0.39 is 46.9 Å². The van der Waals surface area contributed by atoms with Crippen molar-refractivity contribution in [1.29, 1.82) is 0 Å². The van der Waals surface area contributed by atoms with E-state index in [1.54, 1.807) is 6.92 Å². The molecule has 0 radical (unpaired) electrons. The zero-order valence-corrected chi connectivity index (χ0v) is 21.0. The zero-order chi connectivity index (χ0) is 26.9. The molecule has 13 heteroatoms. The van der Waals surface area contributed by atoms with Crippen LogP contribution < -0.4 is 5.73 Å². The molecule has 0 spiro atoms. The third-order valence-electron chi connectivity index (χ3n) is 5.61. The fraction of sp³-hybridized carbons (Fsp3) is 0.739. The van der Waals surface area contributed by atoms with Gasteiger partial charge in [-0.25, -0.2) is 9.59 Å². The van der Waals surface area contributed by atoms with Gasteiger partial charge in [-0.15, -0.1) is 10.1 Å². The van der Waals surface area contributed by atoms with E-state index in [0.717, 1.165) is 0 Å². The minimum Gasteiger partial charge on any atom is -0.375 e. The summed E-state index contributed by atoms with van der Waals surface area (Å²) in [7, 11) is 0. The first-order valence-corrected chi connectivity index (χ1v) is 12.0. The van der Waals surface area contributed by atoms with E-state index in [9.17, 15) is 28.8 Å². The lowest BCUT2D eigenvalue weighted by atomic mass is 10.0. The molecule has 36 heavy (non-hydrogen) atoms. The predicted molar refractivity (Wildman–Crippen MR) is 121 cm³/mol. The number of carbonyl (C=O) groups excluding carboxylic acids is 6. The van der Waals surface area contributed by atoms with Crippen LogP contribution in [0.15, 0.2) is 0 Å². The second kappa shape index (κ2) is 12.9. The van der Waals surface area contributed by atoms with Crippen molar-refractivity contribution in [2.24, 2.45) is 5.73 Å². The van der Waals surface area contributed by atoms with Crippen LogP contribution in [0.2, 0.25) is 0 Å². The number of ether oxygens (including phenoxy) is 2. The van der Waals surface area contributed by atoms with Gasteiger partial charge in [0.25, 0.3) is 23.6 Å². The van der Waals surface area contributed by atoms with Crippen LogP contribution >= 0.6 is 0 Å². The number of nitrogens with two attached hydrogens (primary N) is 1. The van der Waals surface area contributed by atoms with Gasteiger partial charge in [-0.1, -0.05) is 0 Å². The Morgan fingerprint density at radius 1 is 0.722 bits per heavy atom. The summed E-state index contributed by atoms with van der Waals surface area (Å²) >= 11 is 0. The molecule has 1 atom stereocenters. The number of nitrogens with zero attached hydrogens (tertiary/aromatic N) is 2. The van der Waals surface area contributed by atoms with Gasteiger partial charge < -0.3 is 24.9 Å². The summed E-state index contributed by atoms with van der Waals surface area (Å²) in [5.41, 5.74) is 4.55. The van der Waals surface area contributed by atoms with Crippen molar-refractivity contribution in [2.75, 3.05) is 13.2 Å². The third-order valence-corrected chi connectivity index (χ3v) is 5.61. The number of rotatable bonds is 15. The van der Waals surface area contributed by atoms with Crippen LogP contribution in [0.1, 0.15) is 85.0 Å². The van der Waals surface area contributed by atoms with Gasteiger partial charge in [-0.2, -0.15) is 0 Å². The Balaban J connectivity index is 1.57. The van der Waals surface area contributed by atoms with Gasteiger partial charge in [0.1, 0.15) is 5.72 Å². The van der Waals surface area contributed by atoms with Crippen molar-refractivity contribution in [2.45, 2.75) is 96.3 Å². The van der Waals surface area contributed by atoms with Gasteiger partial charge in [-0.3, -0.25) is 19.2 Å². The Morgan fingerprint density at radius 2 is 1.17 bits per heavy atom. The van der Waals surface area contributed by atoms with E-state index in [1.807, 2.05) is 13.8 Å². The largest absolute Gasteiger partial charge is 0.375 e. The van der Waals surface area contributed by atoms with Crippen LogP contribution in [0.5, 0.6) is 0 Å². The molecule has 0 saturated carbocycles. The van der Waals surface area contributed by atoms with Crippen molar-refractivity contribution in [1.82, 2.24) is 10.1 Å². The summed E-state index contributed by atoms with van der Waals surface area (Å²) in [5.74, 6) is -3.44. The zero-order valence-electron chi connectivity index (χ0n) is 21.0. The van der Waals surface area contributed by atoms with E-state index in [-0.39, 0.29) is 51.7 Å². The number of hydrogen-bond donors (Lipinski definition) is 1. The molecule has 2 heterocycles. The first-order chi connectivity index (χ1) is 16.8. The van der Waals surface area contributed by atoms with Crippen LogP contribution in [0.25, 0.3) is 0 Å². The van der Waals surface area contributed by atoms with E-state index in [0.29, 0.717) is 35.8 Å². The molecule has 202 valence electrons. The highest BCUT2D eigenvalue weighted by atomic mass is 16.7. The Bertz CT molecular complexity index is 838. The average molecular weight is 514 g/mol. The normalized spacial score (nSPS) is 18.1. The lowest BCUT2D eigenvalue weighted by Crippen LogP contribution is -2.41. The first-order valence-electron chi connectivity index (χ1n) is 12.0. The molecule has 0 bridgehead atoms. The molecule has 1 unspecified atom stereocenters. The highest BCUT2D eigenvalue weighted by Crippen LogP contribution is 2.21. The van der Waals surface area contributed by atoms with Crippen molar-refractivity contribution in [3.63, 3.8) is 0 Å². The van der Waals surface area contributed by atoms with Gasteiger partial charge in [0, 0.05) is 45.1 Å². The Hall–Kier alpha value is -2.90. The van der Waals surface area contributed by atoms with Crippen LogP contribution in [-0.2, 0) is 47.9 Å². The van der Waals surface area contributed by atoms with E-state index in [4.69, 9.17) is 24.9 Å². The molecule has 2 aliphatic rings. The molecule has 13 nitrogen and oxygen atoms in total. The molecule has 0 aliphatic carbocycles. The molecule has 2 aliphatic heterocycles. The van der Waals surface area contributed by atoms with Crippen LogP contribution in [0.4, 0.5) is 0 Å². The van der Waals surface area contributed by atoms with Crippen LogP contribution in [0, 0.1) is 0 Å². The van der Waals surface area contributed by atoms with Crippen molar-refractivity contribution in [3.8, 4) is 0 Å². The maximum absolute atomic E-state index is 11.9. The van der Waals surface area contributed by atoms with Crippen molar-refractivity contribution < 1.29 is 47.9 Å². The highest BCUT2D eigenvalue weighted by Gasteiger charge is 2.34. The lowest BCUT2D eigenvalue weighted by Gasteiger charge is -2.29. The molecular weight excluding hydrogens is 478 g/mol. The summed E-state index contributed by atoms with van der Waals surface area (Å²) < 4.78 is 11.5. The minimum absolute atomic E-state index is 0.0318. The fourth-order valence-electron chi connectivity index (χ4n) is 3.47. The second-order valence-electron chi connectivity index (χ2n) is 9.57. The van der Waals surface area contributed by atoms with Crippen molar-refractivity contribution >= 4 is 35.6 Å². The molecular formula is C23H35N3O10. The van der Waals surface area contributed by atoms with Gasteiger partial charge >= 0.3 is 11.9 Å². The lowest BCUT2D eigenvalue weighted by molar-refractivity contribution is -0.197. The summed E-state index contributed by atoms with van der Waals surface area (Å²) in [6.45, 7) is 5.85. The standard InChI is InChI=1S/C23H35N3O10/c1-22(2,12-4-6-20(31)35-25-16(27)8-9-17(25)28)33-15-13-23(3,24)34-14-5-7-21(32)36-26-18(29)10-11-19(26)30/h4-15,24H2,1-3H3. The summed E-state index contributed by atoms with van der Waals surface area (Å²) in [6.07, 6.45) is 1.77. The van der Waals surface area contributed by atoms with Crippen LogP contribution in [0.3, 0.4) is 0 Å². The topological polar surface area (TPSA) is 172 Å². The molecule has 2 saturated heterocycles. The van der Waals surface area contributed by atoms with Gasteiger partial charge in [-0.05, 0) is 40.0 Å². The van der Waals surface area contributed by atoms with Crippen molar-refractivity contribution in [3.05, 3.63) is 0 Å². The Labute approximate surface area is 209 Å². The monoisotopic (exact) mass is 513 g/mol. The number of carbonyl (C=O) groups is 6. The quantitative estimate of drug-likeness (QED) is 0.188. The molecule has 2 fully saturated rings. The van der Waals surface area contributed by atoms with Crippen LogP contribution in [-0.4, -0.2) is 70.2 Å². The average Bonchev–Trinajstić information content (AvgIpc) is 3.26. The predicted octanol–water partition coefficient (Wildman–Crippen LogP) is 1.03. The first kappa shape index (κ1) is 29.3. The van der Waals surface area contributed by atoms with Gasteiger partial charge in [0.05, 0.1) is 18.6 Å². The third kappa shape index (κ3) is 9.63. The number of amides is 4. The second-order valence-corrected chi connectivity index (χ2v) is 9.57. The Morgan fingerprint density at radius 3 is 1.64 bits per heavy atom. The molecule has 2 N–H and O–H groups in total. The van der Waals surface area contributed by atoms with Gasteiger partial charge in [0.15, 0.2) is 0 Å². The van der Waals surface area contributed by atoms with Gasteiger partial charge in [0.2, 0.25) is 0 Å². The maximum atomic E-state index is 11.9. The highest BCUT2D eigenvalue weighted by molar-refractivity contribution is 6.02. The number of hydrogen-bond acceptors (Lipinski definition) is 11. The summed E-state index contributed by atoms with van der Waals surface area (Å²) in [5, 5.41) is 1.04. The minimum atomic E-state index is -1.01. The molecule has 0 aromatic heterocycles. The maximum Gasteiger partial charge on any atom is 0.333 e. The van der Waals surface area contributed by atoms with E-state index in [1.165, 1.54) is 0 Å². The smallest absolute Gasteiger partial charge is 0.333 e. The number of hydroxylamine groups is 4. The fourth-order valence-corrected chi connectivity index (χ4v) is 3.47. The van der Waals surface area contributed by atoms with E-state index >= 15 is 0 Å². The molecule has 4 amide bonds. The molecule has 0 aromatic carbocycles. The Kier molecular flexibility index (Phi) is 10.5. The summed E-state index contributed by atoms with van der Waals surface area (Å²) in [4.78, 5) is 79.2. The SMILES string of the molecule is CC(C)(CCCC(=O)ON1C(=O)CCC1=O)OCCC(C)(N)OCCCC(=O)ON1C(=O)CCC1=O.